The Morgan fingerprint density at radius 3 is 3.00 bits per heavy atom. The number of halogens is 1. The van der Waals surface area contributed by atoms with Crippen LogP contribution >= 0.6 is 28.1 Å². The average Bonchev–Trinajstić information content (AvgIpc) is 2.75. The second-order valence-corrected chi connectivity index (χ2v) is 6.17. The molecule has 1 aromatic heterocycles. The lowest BCUT2D eigenvalue weighted by atomic mass is 9.94. The van der Waals surface area contributed by atoms with E-state index in [1.807, 2.05) is 12.1 Å². The molecular weight excluding hydrogens is 338 g/mol. The lowest BCUT2D eigenvalue weighted by molar-refractivity contribution is 0.506. The normalized spacial score (nSPS) is 14.7. The van der Waals surface area contributed by atoms with Gasteiger partial charge in [0, 0.05) is 27.4 Å². The van der Waals surface area contributed by atoms with Crippen LogP contribution in [0, 0.1) is 0 Å². The molecule has 1 aliphatic rings. The van der Waals surface area contributed by atoms with Gasteiger partial charge in [0.05, 0.1) is 6.21 Å². The number of hydrogen-bond donors (Lipinski definition) is 2. The van der Waals surface area contributed by atoms with Crippen LogP contribution in [-0.2, 0) is 12.8 Å². The lowest BCUT2D eigenvalue weighted by Crippen LogP contribution is -2.24. The van der Waals surface area contributed by atoms with Gasteiger partial charge >= 0.3 is 0 Å². The molecule has 0 unspecified atom stereocenters. The summed E-state index contributed by atoms with van der Waals surface area (Å²) in [7, 11) is 0. The van der Waals surface area contributed by atoms with Crippen LogP contribution in [0.4, 0.5) is 0 Å². The van der Waals surface area contributed by atoms with Crippen LogP contribution in [0.1, 0.15) is 29.7 Å². The summed E-state index contributed by atoms with van der Waals surface area (Å²) < 4.78 is 6.94. The van der Waals surface area contributed by atoms with E-state index in [1.165, 1.54) is 18.4 Å². The SMILES string of the molecule is NC(=S)N/N=C/c1cc(Br)cc2oc3c(c12)CCCC3. The maximum absolute atomic E-state index is 5.98. The van der Waals surface area contributed by atoms with Crippen LogP contribution in [0.2, 0.25) is 0 Å². The van der Waals surface area contributed by atoms with Crippen LogP contribution in [-0.4, -0.2) is 11.3 Å². The highest BCUT2D eigenvalue weighted by Gasteiger charge is 2.20. The van der Waals surface area contributed by atoms with Crippen molar-refractivity contribution in [2.75, 3.05) is 0 Å². The van der Waals surface area contributed by atoms with E-state index in [0.29, 0.717) is 0 Å². The first-order valence-corrected chi connectivity index (χ1v) is 7.67. The van der Waals surface area contributed by atoms with E-state index in [2.05, 4.69) is 26.5 Å². The van der Waals surface area contributed by atoms with E-state index in [1.54, 1.807) is 6.21 Å². The number of benzene rings is 1. The lowest BCUT2D eigenvalue weighted by Gasteiger charge is -2.09. The molecule has 1 heterocycles. The van der Waals surface area contributed by atoms with Crippen molar-refractivity contribution in [2.45, 2.75) is 25.7 Å². The number of hydrogen-bond acceptors (Lipinski definition) is 3. The van der Waals surface area contributed by atoms with Gasteiger partial charge in [-0.2, -0.15) is 5.10 Å². The van der Waals surface area contributed by atoms with Gasteiger partial charge in [0.2, 0.25) is 0 Å². The Hall–Kier alpha value is -1.40. The summed E-state index contributed by atoms with van der Waals surface area (Å²) in [4.78, 5) is 0. The fourth-order valence-corrected chi connectivity index (χ4v) is 3.17. The Kier molecular flexibility index (Phi) is 3.76. The Bertz CT molecular complexity index is 708. The quantitative estimate of drug-likeness (QED) is 0.495. The molecule has 0 amide bonds. The van der Waals surface area contributed by atoms with E-state index >= 15 is 0 Å². The van der Waals surface area contributed by atoms with Crippen LogP contribution in [0.3, 0.4) is 0 Å². The number of furan rings is 1. The highest BCUT2D eigenvalue weighted by molar-refractivity contribution is 9.10. The zero-order valence-corrected chi connectivity index (χ0v) is 13.2. The molecule has 0 aliphatic heterocycles. The Balaban J connectivity index is 2.12. The van der Waals surface area contributed by atoms with Gasteiger partial charge in [-0.05, 0) is 43.6 Å². The van der Waals surface area contributed by atoms with E-state index in [0.717, 1.165) is 39.6 Å². The molecule has 3 rings (SSSR count). The number of aryl methyl sites for hydroxylation is 2. The number of nitrogens with two attached hydrogens (primary N) is 1. The number of nitrogens with zero attached hydrogens (tertiary/aromatic N) is 1. The predicted molar refractivity (Wildman–Crippen MR) is 88.1 cm³/mol. The van der Waals surface area contributed by atoms with Gasteiger partial charge in [0.25, 0.3) is 0 Å². The van der Waals surface area contributed by atoms with Crippen molar-refractivity contribution in [3.8, 4) is 0 Å². The van der Waals surface area contributed by atoms with E-state index in [9.17, 15) is 0 Å². The Labute approximate surface area is 130 Å². The third-order valence-electron chi connectivity index (χ3n) is 3.43. The van der Waals surface area contributed by atoms with E-state index in [-0.39, 0.29) is 5.11 Å². The summed E-state index contributed by atoms with van der Waals surface area (Å²) in [6.45, 7) is 0. The Morgan fingerprint density at radius 2 is 2.20 bits per heavy atom. The van der Waals surface area contributed by atoms with Crippen LogP contribution in [0.5, 0.6) is 0 Å². The number of hydrazone groups is 1. The number of rotatable bonds is 2. The summed E-state index contributed by atoms with van der Waals surface area (Å²) in [5.74, 6) is 1.11. The van der Waals surface area contributed by atoms with Crippen LogP contribution in [0.15, 0.2) is 26.1 Å². The zero-order valence-electron chi connectivity index (χ0n) is 10.8. The van der Waals surface area contributed by atoms with Crippen molar-refractivity contribution >= 4 is 50.4 Å². The molecule has 0 bridgehead atoms. The van der Waals surface area contributed by atoms with Gasteiger partial charge in [-0.15, -0.1) is 0 Å². The topological polar surface area (TPSA) is 63.5 Å². The molecule has 0 spiro atoms. The van der Waals surface area contributed by atoms with Crippen molar-refractivity contribution in [3.63, 3.8) is 0 Å². The minimum Gasteiger partial charge on any atom is -0.461 e. The maximum Gasteiger partial charge on any atom is 0.184 e. The molecular formula is C14H14BrN3OS. The van der Waals surface area contributed by atoms with Gasteiger partial charge in [-0.3, -0.25) is 5.43 Å². The summed E-state index contributed by atoms with van der Waals surface area (Å²) in [5, 5.41) is 5.36. The zero-order chi connectivity index (χ0) is 14.1. The summed E-state index contributed by atoms with van der Waals surface area (Å²) in [6, 6.07) is 4.03. The van der Waals surface area contributed by atoms with Crippen LogP contribution in [0.25, 0.3) is 11.0 Å². The smallest absolute Gasteiger partial charge is 0.184 e. The highest BCUT2D eigenvalue weighted by atomic mass is 79.9. The summed E-state index contributed by atoms with van der Waals surface area (Å²) in [6.07, 6.45) is 6.22. The number of nitrogens with one attached hydrogen (secondary N) is 1. The van der Waals surface area contributed by atoms with Crippen LogP contribution < -0.4 is 11.2 Å². The molecule has 0 fully saturated rings. The largest absolute Gasteiger partial charge is 0.461 e. The number of fused-ring (bicyclic) bond motifs is 3. The van der Waals surface area contributed by atoms with Gasteiger partial charge < -0.3 is 10.2 Å². The van der Waals surface area contributed by atoms with Crippen molar-refractivity contribution in [1.82, 2.24) is 5.43 Å². The minimum atomic E-state index is 0.154. The van der Waals surface area contributed by atoms with Crippen molar-refractivity contribution in [2.24, 2.45) is 10.8 Å². The molecule has 6 heteroatoms. The molecule has 0 atom stereocenters. The predicted octanol–water partition coefficient (Wildman–Crippen LogP) is 3.24. The first-order valence-electron chi connectivity index (χ1n) is 6.47. The summed E-state index contributed by atoms with van der Waals surface area (Å²) >= 11 is 8.24. The standard InChI is InChI=1S/C14H14BrN3OS/c15-9-5-8(7-17-18-14(16)20)13-10-3-1-2-4-11(10)19-12(13)6-9/h5-7H,1-4H2,(H3,16,18,20)/b17-7+. The highest BCUT2D eigenvalue weighted by Crippen LogP contribution is 2.35. The minimum absolute atomic E-state index is 0.154. The molecule has 3 N–H and O–H groups in total. The molecule has 0 radical (unpaired) electrons. The first kappa shape index (κ1) is 13.6. The maximum atomic E-state index is 5.98. The molecule has 2 aromatic rings. The molecule has 104 valence electrons. The van der Waals surface area contributed by atoms with Crippen molar-refractivity contribution in [3.05, 3.63) is 33.5 Å². The number of thiocarbonyl (C=S) groups is 1. The van der Waals surface area contributed by atoms with E-state index in [4.69, 9.17) is 22.4 Å². The van der Waals surface area contributed by atoms with Crippen molar-refractivity contribution in [1.29, 1.82) is 0 Å². The van der Waals surface area contributed by atoms with Gasteiger partial charge in [-0.1, -0.05) is 15.9 Å². The monoisotopic (exact) mass is 351 g/mol. The fraction of sp³-hybridized carbons (Fsp3) is 0.286. The molecule has 4 nitrogen and oxygen atoms in total. The third kappa shape index (κ3) is 2.58. The molecule has 1 aliphatic carbocycles. The second kappa shape index (κ2) is 5.54. The average molecular weight is 352 g/mol. The molecule has 20 heavy (non-hydrogen) atoms. The van der Waals surface area contributed by atoms with Gasteiger partial charge in [0.1, 0.15) is 11.3 Å². The van der Waals surface area contributed by atoms with Crippen molar-refractivity contribution < 1.29 is 4.42 Å². The fourth-order valence-electron chi connectivity index (χ4n) is 2.66. The third-order valence-corrected chi connectivity index (χ3v) is 3.98. The van der Waals surface area contributed by atoms with E-state index < -0.39 is 0 Å². The molecule has 1 aromatic carbocycles. The Morgan fingerprint density at radius 1 is 1.40 bits per heavy atom. The first-order chi connectivity index (χ1) is 9.65. The van der Waals surface area contributed by atoms with Gasteiger partial charge in [0.15, 0.2) is 5.11 Å². The van der Waals surface area contributed by atoms with Gasteiger partial charge in [-0.25, -0.2) is 0 Å². The second-order valence-electron chi connectivity index (χ2n) is 4.81. The molecule has 0 saturated heterocycles. The summed E-state index contributed by atoms with van der Waals surface area (Å²) in [5.41, 5.74) is 11.2. The molecule has 0 saturated carbocycles.